The number of rotatable bonds is 8. The van der Waals surface area contributed by atoms with Crippen molar-refractivity contribution in [3.8, 4) is 5.75 Å². The van der Waals surface area contributed by atoms with Crippen molar-refractivity contribution in [1.29, 1.82) is 0 Å². The quantitative estimate of drug-likeness (QED) is 0.757. The third-order valence-electron chi connectivity index (χ3n) is 3.42. The monoisotopic (exact) mass is 298 g/mol. The predicted octanol–water partition coefficient (Wildman–Crippen LogP) is 3.59. The van der Waals surface area contributed by atoms with Crippen LogP contribution in [0.2, 0.25) is 0 Å². The summed E-state index contributed by atoms with van der Waals surface area (Å²) in [6.07, 6.45) is -0.0819. The Bertz CT molecular complexity index is 553. The van der Waals surface area contributed by atoms with Crippen LogP contribution in [0.5, 0.6) is 5.75 Å². The van der Waals surface area contributed by atoms with Crippen LogP contribution in [0.4, 0.5) is 0 Å². The highest BCUT2D eigenvalue weighted by molar-refractivity contribution is 5.22. The van der Waals surface area contributed by atoms with Gasteiger partial charge < -0.3 is 14.6 Å². The number of aliphatic hydroxyl groups excluding tert-OH is 1. The molecule has 2 rings (SSSR count). The van der Waals surface area contributed by atoms with Crippen molar-refractivity contribution in [2.24, 2.45) is 0 Å². The molecule has 2 aromatic carbocycles. The number of ether oxygens (including phenoxy) is 2. The average molecular weight is 298 g/mol. The molecule has 2 aromatic rings. The number of benzene rings is 2. The lowest BCUT2D eigenvalue weighted by molar-refractivity contribution is -0.0682. The summed E-state index contributed by atoms with van der Waals surface area (Å²) in [4.78, 5) is 0. The number of para-hydroxylation sites is 1. The smallest absolute Gasteiger partial charge is 0.145 e. The molecule has 1 N–H and O–H groups in total. The van der Waals surface area contributed by atoms with Gasteiger partial charge in [0.15, 0.2) is 0 Å². The van der Waals surface area contributed by atoms with Crippen molar-refractivity contribution in [3.63, 3.8) is 0 Å². The highest BCUT2D eigenvalue weighted by Gasteiger charge is 2.24. The molecule has 116 valence electrons. The Morgan fingerprint density at radius 3 is 2.23 bits per heavy atom. The Labute approximate surface area is 131 Å². The van der Waals surface area contributed by atoms with E-state index in [0.29, 0.717) is 12.4 Å². The minimum absolute atomic E-state index is 0.369. The highest BCUT2D eigenvalue weighted by Crippen LogP contribution is 2.16. The first-order chi connectivity index (χ1) is 10.7. The molecule has 0 unspecified atom stereocenters. The molecule has 0 aliphatic heterocycles. The van der Waals surface area contributed by atoms with Crippen LogP contribution in [-0.2, 0) is 11.3 Å². The predicted molar refractivity (Wildman–Crippen MR) is 87.8 cm³/mol. The second kappa shape index (κ2) is 8.37. The molecular formula is C19H22O3. The Balaban J connectivity index is 1.90. The van der Waals surface area contributed by atoms with Crippen LogP contribution in [0.15, 0.2) is 73.3 Å². The molecule has 0 saturated carbocycles. The van der Waals surface area contributed by atoms with Crippen LogP contribution in [0.3, 0.4) is 0 Å². The molecule has 0 aliphatic rings. The summed E-state index contributed by atoms with van der Waals surface area (Å²) in [7, 11) is 0. The standard InChI is InChI=1S/C19H22O3/c1-3-18(22-17-12-8-5-9-13-17)19(20)15(2)21-14-16-10-6-4-7-11-16/h3-13,15,18-20H,1,14H2,2H3/t15-,18-,19+/m0/s1. The van der Waals surface area contributed by atoms with Crippen molar-refractivity contribution >= 4 is 0 Å². The lowest BCUT2D eigenvalue weighted by atomic mass is 10.1. The number of hydrogen-bond acceptors (Lipinski definition) is 3. The highest BCUT2D eigenvalue weighted by atomic mass is 16.5. The lowest BCUT2D eigenvalue weighted by Crippen LogP contribution is -2.39. The molecule has 3 atom stereocenters. The maximum absolute atomic E-state index is 10.4. The van der Waals surface area contributed by atoms with E-state index in [4.69, 9.17) is 9.47 Å². The second-order valence-corrected chi connectivity index (χ2v) is 5.12. The summed E-state index contributed by atoms with van der Waals surface area (Å²) in [6.45, 7) is 6.02. The molecule has 22 heavy (non-hydrogen) atoms. The topological polar surface area (TPSA) is 38.7 Å². The van der Waals surface area contributed by atoms with Crippen LogP contribution in [0, 0.1) is 0 Å². The van der Waals surface area contributed by atoms with Gasteiger partial charge in [-0.15, -0.1) is 0 Å². The van der Waals surface area contributed by atoms with E-state index < -0.39 is 12.2 Å². The van der Waals surface area contributed by atoms with Gasteiger partial charge in [0.25, 0.3) is 0 Å². The molecule has 0 saturated heterocycles. The zero-order chi connectivity index (χ0) is 15.8. The van der Waals surface area contributed by atoms with E-state index in [2.05, 4.69) is 6.58 Å². The molecule has 0 amide bonds. The van der Waals surface area contributed by atoms with Gasteiger partial charge in [0.2, 0.25) is 0 Å². The van der Waals surface area contributed by atoms with Crippen LogP contribution >= 0.6 is 0 Å². The molecule has 0 radical (unpaired) electrons. The fraction of sp³-hybridized carbons (Fsp3) is 0.263. The van der Waals surface area contributed by atoms with E-state index in [-0.39, 0.29) is 6.10 Å². The molecule has 0 bridgehead atoms. The molecule has 3 heteroatoms. The molecule has 0 aromatic heterocycles. The SMILES string of the molecule is C=C[C@H](Oc1ccccc1)[C@H](O)[C@H](C)OCc1ccccc1. The summed E-state index contributed by atoms with van der Waals surface area (Å²) in [5.74, 6) is 0.696. The van der Waals surface area contributed by atoms with Gasteiger partial charge in [-0.25, -0.2) is 0 Å². The van der Waals surface area contributed by atoms with Crippen LogP contribution < -0.4 is 4.74 Å². The third-order valence-corrected chi connectivity index (χ3v) is 3.42. The summed E-state index contributed by atoms with van der Waals surface area (Å²) >= 11 is 0. The van der Waals surface area contributed by atoms with Gasteiger partial charge in [0, 0.05) is 0 Å². The molecule has 0 aliphatic carbocycles. The van der Waals surface area contributed by atoms with E-state index >= 15 is 0 Å². The number of aliphatic hydroxyl groups is 1. The average Bonchev–Trinajstić information content (AvgIpc) is 2.58. The van der Waals surface area contributed by atoms with Gasteiger partial charge in [-0.3, -0.25) is 0 Å². The summed E-state index contributed by atoms with van der Waals surface area (Å²) in [6, 6.07) is 19.2. The number of hydrogen-bond donors (Lipinski definition) is 1. The Kier molecular flexibility index (Phi) is 6.19. The van der Waals surface area contributed by atoms with Gasteiger partial charge in [0.1, 0.15) is 18.0 Å². The van der Waals surface area contributed by atoms with Crippen molar-refractivity contribution in [1.82, 2.24) is 0 Å². The van der Waals surface area contributed by atoms with Gasteiger partial charge in [-0.05, 0) is 30.7 Å². The van der Waals surface area contributed by atoms with Crippen LogP contribution in [-0.4, -0.2) is 23.4 Å². The van der Waals surface area contributed by atoms with Gasteiger partial charge in [-0.2, -0.15) is 0 Å². The summed E-state index contributed by atoms with van der Waals surface area (Å²) in [5, 5.41) is 10.4. The Hall–Kier alpha value is -2.10. The van der Waals surface area contributed by atoms with E-state index in [1.807, 2.05) is 67.6 Å². The molecule has 0 heterocycles. The Morgan fingerprint density at radius 1 is 1.05 bits per heavy atom. The van der Waals surface area contributed by atoms with Crippen molar-refractivity contribution in [2.45, 2.75) is 31.8 Å². The fourth-order valence-electron chi connectivity index (χ4n) is 2.08. The molecule has 0 fully saturated rings. The first-order valence-corrected chi connectivity index (χ1v) is 7.38. The Morgan fingerprint density at radius 2 is 1.64 bits per heavy atom. The first kappa shape index (κ1) is 16.3. The van der Waals surface area contributed by atoms with E-state index in [9.17, 15) is 5.11 Å². The zero-order valence-corrected chi connectivity index (χ0v) is 12.8. The fourth-order valence-corrected chi connectivity index (χ4v) is 2.08. The normalized spacial score (nSPS) is 14.8. The second-order valence-electron chi connectivity index (χ2n) is 5.12. The van der Waals surface area contributed by atoms with Gasteiger partial charge in [0.05, 0.1) is 12.7 Å². The summed E-state index contributed by atoms with van der Waals surface area (Å²) in [5.41, 5.74) is 1.07. The first-order valence-electron chi connectivity index (χ1n) is 7.38. The van der Waals surface area contributed by atoms with E-state index in [1.54, 1.807) is 6.08 Å². The molecule has 0 spiro atoms. The van der Waals surface area contributed by atoms with Gasteiger partial charge >= 0.3 is 0 Å². The van der Waals surface area contributed by atoms with Gasteiger partial charge in [-0.1, -0.05) is 55.1 Å². The minimum atomic E-state index is -0.790. The third kappa shape index (κ3) is 4.72. The van der Waals surface area contributed by atoms with Crippen LogP contribution in [0.25, 0.3) is 0 Å². The minimum Gasteiger partial charge on any atom is -0.484 e. The largest absolute Gasteiger partial charge is 0.484 e. The van der Waals surface area contributed by atoms with Crippen molar-refractivity contribution in [2.75, 3.05) is 0 Å². The van der Waals surface area contributed by atoms with Crippen LogP contribution in [0.1, 0.15) is 12.5 Å². The molecule has 3 nitrogen and oxygen atoms in total. The lowest BCUT2D eigenvalue weighted by Gasteiger charge is -2.26. The zero-order valence-electron chi connectivity index (χ0n) is 12.8. The maximum atomic E-state index is 10.4. The van der Waals surface area contributed by atoms with Crippen molar-refractivity contribution in [3.05, 3.63) is 78.9 Å². The van der Waals surface area contributed by atoms with E-state index in [1.165, 1.54) is 0 Å². The van der Waals surface area contributed by atoms with E-state index in [0.717, 1.165) is 5.56 Å². The van der Waals surface area contributed by atoms with Crippen molar-refractivity contribution < 1.29 is 14.6 Å². The molecular weight excluding hydrogens is 276 g/mol. The maximum Gasteiger partial charge on any atom is 0.145 e. The summed E-state index contributed by atoms with van der Waals surface area (Å²) < 4.78 is 11.5.